The summed E-state index contributed by atoms with van der Waals surface area (Å²) in [5, 5.41) is 2.78. The summed E-state index contributed by atoms with van der Waals surface area (Å²) in [5.74, 6) is 0.701. The lowest BCUT2D eigenvalue weighted by Gasteiger charge is -2.02. The zero-order valence-corrected chi connectivity index (χ0v) is 9.54. The molecule has 0 aliphatic carbocycles. The maximum Gasteiger partial charge on any atom is 0.163 e. The molecule has 0 fully saturated rings. The molecule has 0 aliphatic heterocycles. The molecule has 0 bridgehead atoms. The van der Waals surface area contributed by atoms with Gasteiger partial charge in [-0.2, -0.15) is 0 Å². The van der Waals surface area contributed by atoms with Crippen molar-refractivity contribution in [2.45, 2.75) is 0 Å². The molecule has 84 valence electrons. The van der Waals surface area contributed by atoms with Crippen LogP contribution in [0.1, 0.15) is 0 Å². The first-order valence-corrected chi connectivity index (χ1v) is 5.88. The Morgan fingerprint density at radius 2 is 1.82 bits per heavy atom. The van der Waals surface area contributed by atoms with Gasteiger partial charge in [-0.25, -0.2) is 14.4 Å². The molecule has 2 aromatic heterocycles. The van der Waals surface area contributed by atoms with Crippen LogP contribution in [0.3, 0.4) is 0 Å². The van der Waals surface area contributed by atoms with Gasteiger partial charge in [0, 0.05) is 5.56 Å². The molecule has 3 aromatic rings. The molecule has 5 heteroatoms. The van der Waals surface area contributed by atoms with E-state index in [1.54, 1.807) is 12.1 Å². The molecule has 0 atom stereocenters. The van der Waals surface area contributed by atoms with Crippen molar-refractivity contribution in [2.75, 3.05) is 5.73 Å². The molecular formula is C12H8FN3S. The standard InChI is InChI=1S/C12H8FN3S/c13-8-3-1-7(2-4-8)11-15-10(14)9-5-6-17-12(9)16-11/h1-6H,(H2,14,15,16). The van der Waals surface area contributed by atoms with Crippen molar-refractivity contribution >= 4 is 27.4 Å². The molecule has 3 rings (SSSR count). The number of hydrogen-bond acceptors (Lipinski definition) is 4. The average Bonchev–Trinajstić information content (AvgIpc) is 2.78. The number of nitrogens with two attached hydrogens (primary N) is 1. The van der Waals surface area contributed by atoms with E-state index < -0.39 is 0 Å². The Kier molecular flexibility index (Phi) is 2.26. The van der Waals surface area contributed by atoms with Gasteiger partial charge in [0.1, 0.15) is 16.5 Å². The summed E-state index contributed by atoms with van der Waals surface area (Å²) in [7, 11) is 0. The minimum Gasteiger partial charge on any atom is -0.383 e. The van der Waals surface area contributed by atoms with E-state index in [0.717, 1.165) is 15.8 Å². The average molecular weight is 245 g/mol. The number of nitrogen functional groups attached to an aromatic ring is 1. The largest absolute Gasteiger partial charge is 0.383 e. The number of benzene rings is 1. The van der Waals surface area contributed by atoms with Gasteiger partial charge in [-0.05, 0) is 35.7 Å². The first-order chi connectivity index (χ1) is 8.24. The van der Waals surface area contributed by atoms with E-state index in [1.807, 2.05) is 11.4 Å². The Labute approximate surface area is 101 Å². The number of rotatable bonds is 1. The normalized spacial score (nSPS) is 10.9. The molecule has 0 unspecified atom stereocenters. The lowest BCUT2D eigenvalue weighted by Crippen LogP contribution is -1.95. The molecule has 2 N–H and O–H groups in total. The van der Waals surface area contributed by atoms with E-state index >= 15 is 0 Å². The van der Waals surface area contributed by atoms with E-state index in [0.29, 0.717) is 11.6 Å². The van der Waals surface area contributed by atoms with Crippen LogP contribution >= 0.6 is 11.3 Å². The van der Waals surface area contributed by atoms with Crippen LogP contribution in [0.25, 0.3) is 21.6 Å². The fourth-order valence-electron chi connectivity index (χ4n) is 1.61. The van der Waals surface area contributed by atoms with Crippen LogP contribution in [0, 0.1) is 5.82 Å². The van der Waals surface area contributed by atoms with Gasteiger partial charge < -0.3 is 5.73 Å². The molecule has 0 spiro atoms. The number of hydrogen-bond donors (Lipinski definition) is 1. The van der Waals surface area contributed by atoms with Crippen LogP contribution < -0.4 is 5.73 Å². The lowest BCUT2D eigenvalue weighted by atomic mass is 10.2. The van der Waals surface area contributed by atoms with E-state index in [-0.39, 0.29) is 5.82 Å². The van der Waals surface area contributed by atoms with Crippen molar-refractivity contribution in [3.63, 3.8) is 0 Å². The Bertz CT molecular complexity index is 676. The highest BCUT2D eigenvalue weighted by molar-refractivity contribution is 7.16. The lowest BCUT2D eigenvalue weighted by molar-refractivity contribution is 0.628. The second-order valence-corrected chi connectivity index (χ2v) is 4.47. The smallest absolute Gasteiger partial charge is 0.163 e. The summed E-state index contributed by atoms with van der Waals surface area (Å²) in [6.45, 7) is 0. The second kappa shape index (κ2) is 3.78. The fourth-order valence-corrected chi connectivity index (χ4v) is 2.38. The van der Waals surface area contributed by atoms with Crippen LogP contribution in [0.15, 0.2) is 35.7 Å². The zero-order valence-electron chi connectivity index (χ0n) is 8.72. The minimum absolute atomic E-state index is 0.279. The Morgan fingerprint density at radius 1 is 1.06 bits per heavy atom. The highest BCUT2D eigenvalue weighted by Crippen LogP contribution is 2.26. The maximum atomic E-state index is 12.8. The highest BCUT2D eigenvalue weighted by Gasteiger charge is 2.07. The summed E-state index contributed by atoms with van der Waals surface area (Å²) in [6.07, 6.45) is 0. The summed E-state index contributed by atoms with van der Waals surface area (Å²) in [5.41, 5.74) is 6.61. The van der Waals surface area contributed by atoms with Crippen LogP contribution in [0.4, 0.5) is 10.2 Å². The van der Waals surface area contributed by atoms with Gasteiger partial charge in [-0.15, -0.1) is 11.3 Å². The number of aromatic nitrogens is 2. The second-order valence-electron chi connectivity index (χ2n) is 3.58. The molecular weight excluding hydrogens is 237 g/mol. The van der Waals surface area contributed by atoms with Crippen LogP contribution in [0.2, 0.25) is 0 Å². The Hall–Kier alpha value is -2.01. The van der Waals surface area contributed by atoms with Gasteiger partial charge in [0.25, 0.3) is 0 Å². The maximum absolute atomic E-state index is 12.8. The quantitative estimate of drug-likeness (QED) is 0.716. The molecule has 3 nitrogen and oxygen atoms in total. The monoisotopic (exact) mass is 245 g/mol. The van der Waals surface area contributed by atoms with Crippen LogP contribution in [-0.2, 0) is 0 Å². The molecule has 2 heterocycles. The predicted molar refractivity (Wildman–Crippen MR) is 67.2 cm³/mol. The summed E-state index contributed by atoms with van der Waals surface area (Å²) >= 11 is 1.51. The number of fused-ring (bicyclic) bond motifs is 1. The van der Waals surface area contributed by atoms with E-state index in [4.69, 9.17) is 5.73 Å². The Morgan fingerprint density at radius 3 is 2.59 bits per heavy atom. The van der Waals surface area contributed by atoms with E-state index in [9.17, 15) is 4.39 Å². The first-order valence-electron chi connectivity index (χ1n) is 5.01. The number of thiophene rings is 1. The van der Waals surface area contributed by atoms with Crippen LogP contribution in [-0.4, -0.2) is 9.97 Å². The SMILES string of the molecule is Nc1nc(-c2ccc(F)cc2)nc2sccc12. The molecule has 1 aromatic carbocycles. The van der Waals surface area contributed by atoms with Crippen molar-refractivity contribution in [3.8, 4) is 11.4 Å². The third-order valence-electron chi connectivity index (χ3n) is 2.46. The summed E-state index contributed by atoms with van der Waals surface area (Å²) < 4.78 is 12.8. The third-order valence-corrected chi connectivity index (χ3v) is 3.26. The zero-order chi connectivity index (χ0) is 11.8. The molecule has 0 aliphatic rings. The fraction of sp³-hybridized carbons (Fsp3) is 0. The van der Waals surface area contributed by atoms with Crippen LogP contribution in [0.5, 0.6) is 0 Å². The van der Waals surface area contributed by atoms with Gasteiger partial charge in [-0.1, -0.05) is 0 Å². The van der Waals surface area contributed by atoms with Gasteiger partial charge >= 0.3 is 0 Å². The number of halogens is 1. The van der Waals surface area contributed by atoms with Crippen molar-refractivity contribution in [1.82, 2.24) is 9.97 Å². The summed E-state index contributed by atoms with van der Waals surface area (Å²) in [4.78, 5) is 9.47. The molecule has 0 saturated carbocycles. The van der Waals surface area contributed by atoms with Crippen molar-refractivity contribution in [2.24, 2.45) is 0 Å². The Balaban J connectivity index is 2.20. The molecule has 0 amide bonds. The minimum atomic E-state index is -0.279. The van der Waals surface area contributed by atoms with Gasteiger partial charge in [0.15, 0.2) is 5.82 Å². The van der Waals surface area contributed by atoms with E-state index in [2.05, 4.69) is 9.97 Å². The van der Waals surface area contributed by atoms with Crippen molar-refractivity contribution in [3.05, 3.63) is 41.5 Å². The van der Waals surface area contributed by atoms with Gasteiger partial charge in [0.05, 0.1) is 5.39 Å². The van der Waals surface area contributed by atoms with Crippen molar-refractivity contribution < 1.29 is 4.39 Å². The number of nitrogens with zero attached hydrogens (tertiary/aromatic N) is 2. The molecule has 0 radical (unpaired) electrons. The summed E-state index contributed by atoms with van der Waals surface area (Å²) in [6, 6.07) is 7.94. The van der Waals surface area contributed by atoms with Gasteiger partial charge in [0.2, 0.25) is 0 Å². The third kappa shape index (κ3) is 1.74. The first kappa shape index (κ1) is 10.2. The highest BCUT2D eigenvalue weighted by atomic mass is 32.1. The van der Waals surface area contributed by atoms with Crippen molar-refractivity contribution in [1.29, 1.82) is 0 Å². The molecule has 17 heavy (non-hydrogen) atoms. The predicted octanol–water partition coefficient (Wildman–Crippen LogP) is 3.08. The topological polar surface area (TPSA) is 51.8 Å². The van der Waals surface area contributed by atoms with E-state index in [1.165, 1.54) is 23.5 Å². The number of anilines is 1. The molecule has 0 saturated heterocycles. The van der Waals surface area contributed by atoms with Gasteiger partial charge in [-0.3, -0.25) is 0 Å².